The number of nitrogens with zero attached hydrogens (tertiary/aromatic N) is 3. The van der Waals surface area contributed by atoms with Crippen molar-refractivity contribution >= 4 is 32.9 Å². The predicted octanol–water partition coefficient (Wildman–Crippen LogP) is 1.76. The molecule has 0 bridgehead atoms. The first-order valence-corrected chi connectivity index (χ1v) is 5.46. The molecule has 0 aliphatic carbocycles. The first-order valence-electron chi connectivity index (χ1n) is 4.67. The molecule has 0 fully saturated rings. The van der Waals surface area contributed by atoms with Gasteiger partial charge in [0.05, 0.1) is 12.4 Å². The normalized spacial score (nSPS) is 10.4. The van der Waals surface area contributed by atoms with E-state index >= 15 is 0 Å². The lowest BCUT2D eigenvalue weighted by Crippen LogP contribution is -2.33. The largest absolute Gasteiger partial charge is 0.311 e. The van der Waals surface area contributed by atoms with Gasteiger partial charge in [-0.2, -0.15) is 9.83 Å². The van der Waals surface area contributed by atoms with Crippen LogP contribution in [0.3, 0.4) is 0 Å². The second-order valence-corrected chi connectivity index (χ2v) is 4.31. The molecule has 0 radical (unpaired) electrons. The van der Waals surface area contributed by atoms with Gasteiger partial charge in [0, 0.05) is 6.92 Å². The van der Waals surface area contributed by atoms with Crippen LogP contribution in [0.4, 0.5) is 0 Å². The Kier molecular flexibility index (Phi) is 2.52. The summed E-state index contributed by atoms with van der Waals surface area (Å²) in [5.41, 5.74) is 1.23. The summed E-state index contributed by atoms with van der Waals surface area (Å²) < 4.78 is 4.17. The van der Waals surface area contributed by atoms with Crippen LogP contribution in [0.1, 0.15) is 17.3 Å². The van der Waals surface area contributed by atoms with Crippen LogP contribution in [-0.4, -0.2) is 10.5 Å². The molecule has 0 spiro atoms. The Morgan fingerprint density at radius 1 is 1.56 bits per heavy atom. The molecule has 80 valence electrons. The lowest BCUT2D eigenvalue weighted by atomic mass is 10.2. The number of hydrogen-bond acceptors (Lipinski definition) is 2. The number of rotatable bonds is 0. The summed E-state index contributed by atoms with van der Waals surface area (Å²) in [6.07, 6.45) is 1.57. The highest BCUT2D eigenvalue weighted by atomic mass is 79.9. The van der Waals surface area contributed by atoms with Crippen LogP contribution >= 0.6 is 15.9 Å². The van der Waals surface area contributed by atoms with Gasteiger partial charge in [0.1, 0.15) is 17.8 Å². The van der Waals surface area contributed by atoms with Crippen molar-refractivity contribution < 1.29 is 9.36 Å². The summed E-state index contributed by atoms with van der Waals surface area (Å²) in [5, 5.41) is 9.78. The van der Waals surface area contributed by atoms with Crippen molar-refractivity contribution in [3.05, 3.63) is 28.5 Å². The average Bonchev–Trinajstić information content (AvgIpc) is 2.62. The number of carbonyl (C=O) groups is 1. The number of aryl methyl sites for hydroxylation is 1. The van der Waals surface area contributed by atoms with Crippen LogP contribution in [-0.2, 0) is 7.05 Å². The zero-order chi connectivity index (χ0) is 11.9. The lowest BCUT2D eigenvalue weighted by molar-refractivity contribution is -0.658. The SMILES string of the molecule is CC(=O)n1cc(C#N)c2ccc(Br)[n+](C)c21. The van der Waals surface area contributed by atoms with Crippen molar-refractivity contribution in [1.29, 1.82) is 5.26 Å². The van der Waals surface area contributed by atoms with Crippen LogP contribution in [0.25, 0.3) is 11.0 Å². The zero-order valence-corrected chi connectivity index (χ0v) is 10.4. The van der Waals surface area contributed by atoms with Gasteiger partial charge < -0.3 is 0 Å². The fourth-order valence-corrected chi connectivity index (χ4v) is 2.01. The molecule has 0 saturated carbocycles. The van der Waals surface area contributed by atoms with E-state index in [1.807, 2.05) is 23.7 Å². The Labute approximate surface area is 101 Å². The van der Waals surface area contributed by atoms with E-state index in [2.05, 4.69) is 22.0 Å². The molecule has 16 heavy (non-hydrogen) atoms. The molecule has 0 amide bonds. The van der Waals surface area contributed by atoms with E-state index in [1.54, 1.807) is 6.20 Å². The van der Waals surface area contributed by atoms with Crippen LogP contribution in [0.5, 0.6) is 0 Å². The summed E-state index contributed by atoms with van der Waals surface area (Å²) in [6, 6.07) is 5.78. The van der Waals surface area contributed by atoms with Crippen LogP contribution in [0.15, 0.2) is 22.9 Å². The maximum atomic E-state index is 11.5. The van der Waals surface area contributed by atoms with Crippen molar-refractivity contribution in [3.63, 3.8) is 0 Å². The summed E-state index contributed by atoms with van der Waals surface area (Å²) >= 11 is 3.39. The van der Waals surface area contributed by atoms with E-state index in [0.29, 0.717) is 5.56 Å². The van der Waals surface area contributed by atoms with Gasteiger partial charge in [-0.05, 0) is 28.1 Å². The van der Waals surface area contributed by atoms with Crippen molar-refractivity contribution in [2.45, 2.75) is 6.92 Å². The van der Waals surface area contributed by atoms with E-state index in [9.17, 15) is 4.79 Å². The van der Waals surface area contributed by atoms with Crippen LogP contribution in [0, 0.1) is 11.3 Å². The lowest BCUT2D eigenvalue weighted by Gasteiger charge is -1.98. The van der Waals surface area contributed by atoms with Gasteiger partial charge in [0.25, 0.3) is 5.65 Å². The number of pyridine rings is 1. The molecule has 0 unspecified atom stereocenters. The number of carbonyl (C=O) groups excluding carboxylic acids is 1. The van der Waals surface area contributed by atoms with Crippen LogP contribution < -0.4 is 4.57 Å². The molecule has 0 N–H and O–H groups in total. The highest BCUT2D eigenvalue weighted by Gasteiger charge is 2.21. The predicted molar refractivity (Wildman–Crippen MR) is 61.8 cm³/mol. The number of fused-ring (bicyclic) bond motifs is 1. The van der Waals surface area contributed by atoms with Gasteiger partial charge in [-0.1, -0.05) is 0 Å². The molecule has 0 saturated heterocycles. The molecule has 0 aliphatic rings. The van der Waals surface area contributed by atoms with Crippen molar-refractivity contribution in [2.75, 3.05) is 0 Å². The minimum atomic E-state index is -0.111. The van der Waals surface area contributed by atoms with Gasteiger partial charge in [-0.15, -0.1) is 0 Å². The van der Waals surface area contributed by atoms with Gasteiger partial charge in [-0.25, -0.2) is 9.36 Å². The Hall–Kier alpha value is -1.67. The standard InChI is InChI=1S/C11H9BrN3O/c1-7(16)15-6-8(5-13)9-3-4-10(12)14(2)11(9)15/h3-4,6H,1-2H3/q+1. The maximum Gasteiger partial charge on any atom is 0.311 e. The highest BCUT2D eigenvalue weighted by molar-refractivity contribution is 9.10. The molecule has 0 aliphatic heterocycles. The Balaban J connectivity index is 2.99. The van der Waals surface area contributed by atoms with E-state index in [-0.39, 0.29) is 5.91 Å². The smallest absolute Gasteiger partial charge is 0.247 e. The fraction of sp³-hybridized carbons (Fsp3) is 0.182. The monoisotopic (exact) mass is 278 g/mol. The molecule has 4 nitrogen and oxygen atoms in total. The molecular weight excluding hydrogens is 270 g/mol. The topological polar surface area (TPSA) is 49.7 Å². The summed E-state index contributed by atoms with van der Waals surface area (Å²) in [7, 11) is 1.84. The first-order chi connectivity index (χ1) is 7.56. The quantitative estimate of drug-likeness (QED) is 0.545. The van der Waals surface area contributed by atoms with E-state index in [4.69, 9.17) is 5.26 Å². The minimum Gasteiger partial charge on any atom is -0.247 e. The number of aromatic nitrogens is 2. The van der Waals surface area contributed by atoms with Crippen molar-refractivity contribution in [3.8, 4) is 6.07 Å². The average molecular weight is 279 g/mol. The fourth-order valence-electron chi connectivity index (χ4n) is 1.71. The number of nitriles is 1. The van der Waals surface area contributed by atoms with E-state index in [1.165, 1.54) is 11.5 Å². The van der Waals surface area contributed by atoms with Gasteiger partial charge in [0.15, 0.2) is 4.60 Å². The highest BCUT2D eigenvalue weighted by Crippen LogP contribution is 2.19. The van der Waals surface area contributed by atoms with Gasteiger partial charge in [-0.3, -0.25) is 0 Å². The van der Waals surface area contributed by atoms with E-state index < -0.39 is 0 Å². The third kappa shape index (κ3) is 1.42. The first kappa shape index (κ1) is 10.8. The zero-order valence-electron chi connectivity index (χ0n) is 8.86. The molecule has 2 aromatic heterocycles. The Morgan fingerprint density at radius 2 is 2.25 bits per heavy atom. The van der Waals surface area contributed by atoms with E-state index in [0.717, 1.165) is 15.6 Å². The van der Waals surface area contributed by atoms with Crippen molar-refractivity contribution in [1.82, 2.24) is 4.57 Å². The Bertz CT molecular complexity index is 637. The molecule has 5 heteroatoms. The molecule has 2 rings (SSSR count). The Morgan fingerprint density at radius 3 is 2.81 bits per heavy atom. The molecule has 0 atom stereocenters. The third-order valence-corrected chi connectivity index (χ3v) is 3.30. The van der Waals surface area contributed by atoms with Gasteiger partial charge >= 0.3 is 5.91 Å². The second-order valence-electron chi connectivity index (χ2n) is 3.50. The summed E-state index contributed by atoms with van der Waals surface area (Å²) in [5.74, 6) is -0.111. The molecular formula is C11H9BrN3O+. The number of hydrogen-bond donors (Lipinski definition) is 0. The maximum absolute atomic E-state index is 11.5. The molecule has 2 heterocycles. The van der Waals surface area contributed by atoms with Crippen molar-refractivity contribution in [2.24, 2.45) is 7.05 Å². The minimum absolute atomic E-state index is 0.111. The molecule has 2 aromatic rings. The summed E-state index contributed by atoms with van der Waals surface area (Å²) in [6.45, 7) is 1.47. The number of halogens is 1. The second kappa shape index (κ2) is 3.72. The van der Waals surface area contributed by atoms with Gasteiger partial charge in [0.2, 0.25) is 0 Å². The van der Waals surface area contributed by atoms with Crippen LogP contribution in [0.2, 0.25) is 0 Å². The summed E-state index contributed by atoms with van der Waals surface area (Å²) in [4.78, 5) is 11.5. The molecule has 0 aromatic carbocycles. The third-order valence-electron chi connectivity index (χ3n) is 2.50.